The minimum absolute atomic E-state index is 0.0475. The molecule has 0 aliphatic carbocycles. The summed E-state index contributed by atoms with van der Waals surface area (Å²) in [5.41, 5.74) is 1.52. The summed E-state index contributed by atoms with van der Waals surface area (Å²) in [4.78, 5) is 43.8. The van der Waals surface area contributed by atoms with E-state index in [1.54, 1.807) is 6.92 Å². The van der Waals surface area contributed by atoms with Crippen molar-refractivity contribution in [3.8, 4) is 11.5 Å². The minimum atomic E-state index is -0.833. The van der Waals surface area contributed by atoms with Gasteiger partial charge >= 0.3 is 5.97 Å². The molecule has 3 aromatic carbocycles. The Labute approximate surface area is 230 Å². The Bertz CT molecular complexity index is 1860. The number of hydrogen-bond donors (Lipinski definition) is 0. The van der Waals surface area contributed by atoms with Crippen LogP contribution in [0, 0.1) is 10.1 Å². The number of esters is 1. The van der Waals surface area contributed by atoms with E-state index in [1.165, 1.54) is 22.8 Å². The Morgan fingerprint density at radius 1 is 1.12 bits per heavy atom. The first-order valence-electron chi connectivity index (χ1n) is 12.4. The molecule has 4 aromatic rings. The number of thiazole rings is 1. The molecule has 10 nitrogen and oxygen atoms in total. The van der Waals surface area contributed by atoms with Crippen LogP contribution < -0.4 is 24.4 Å². The van der Waals surface area contributed by atoms with Crippen LogP contribution in [0.3, 0.4) is 0 Å². The van der Waals surface area contributed by atoms with Gasteiger partial charge in [-0.15, -0.1) is 0 Å². The highest BCUT2D eigenvalue weighted by Crippen LogP contribution is 2.38. The first-order valence-corrected chi connectivity index (χ1v) is 13.2. The fourth-order valence-electron chi connectivity index (χ4n) is 4.75. The summed E-state index contributed by atoms with van der Waals surface area (Å²) in [5, 5.41) is 11.8. The van der Waals surface area contributed by atoms with Crippen molar-refractivity contribution in [3.05, 3.63) is 125 Å². The van der Waals surface area contributed by atoms with Gasteiger partial charge in [0.25, 0.3) is 11.2 Å². The Morgan fingerprint density at radius 3 is 2.48 bits per heavy atom. The predicted molar refractivity (Wildman–Crippen MR) is 147 cm³/mol. The number of fused-ring (bicyclic) bond motifs is 2. The Morgan fingerprint density at radius 2 is 1.80 bits per heavy atom. The third-order valence-electron chi connectivity index (χ3n) is 6.49. The van der Waals surface area contributed by atoms with E-state index in [9.17, 15) is 19.7 Å². The zero-order valence-corrected chi connectivity index (χ0v) is 21.9. The van der Waals surface area contributed by atoms with Crippen LogP contribution in [-0.4, -0.2) is 28.9 Å². The predicted octanol–water partition coefficient (Wildman–Crippen LogP) is 3.57. The molecule has 0 amide bonds. The lowest BCUT2D eigenvalue weighted by Crippen LogP contribution is -2.40. The summed E-state index contributed by atoms with van der Waals surface area (Å²) in [7, 11) is 0. The number of nitro groups is 1. The number of aromatic nitrogens is 1. The zero-order valence-electron chi connectivity index (χ0n) is 21.1. The number of nitro benzene ring substituents is 1. The van der Waals surface area contributed by atoms with Gasteiger partial charge in [-0.25, -0.2) is 9.79 Å². The SMILES string of the molecule is CCOC(=O)C1=C(c2ccccc2)N=c2s/c(=C\c3cc4c(cc3[N+](=O)[O-])OCO4)c(=O)n2[C@H]1c1ccccc1. The van der Waals surface area contributed by atoms with Crippen molar-refractivity contribution in [2.45, 2.75) is 13.0 Å². The summed E-state index contributed by atoms with van der Waals surface area (Å²) < 4.78 is 17.8. The topological polar surface area (TPSA) is 122 Å². The van der Waals surface area contributed by atoms with Gasteiger partial charge in [-0.3, -0.25) is 19.5 Å². The van der Waals surface area contributed by atoms with E-state index in [0.717, 1.165) is 11.3 Å². The van der Waals surface area contributed by atoms with Crippen molar-refractivity contribution in [3.63, 3.8) is 0 Å². The van der Waals surface area contributed by atoms with Crippen LogP contribution in [0.4, 0.5) is 5.69 Å². The first kappa shape index (κ1) is 25.3. The highest BCUT2D eigenvalue weighted by Gasteiger charge is 2.35. The molecular weight excluding hydrogens is 534 g/mol. The van der Waals surface area contributed by atoms with Crippen molar-refractivity contribution in [2.24, 2.45) is 4.99 Å². The molecular formula is C29H21N3O7S. The lowest BCUT2D eigenvalue weighted by molar-refractivity contribution is -0.385. The molecule has 40 heavy (non-hydrogen) atoms. The number of carbonyl (C=O) groups excluding carboxylic acids is 1. The van der Waals surface area contributed by atoms with Crippen molar-refractivity contribution in [1.82, 2.24) is 4.57 Å². The van der Waals surface area contributed by atoms with E-state index >= 15 is 0 Å². The molecule has 2 aliphatic heterocycles. The fraction of sp³-hybridized carbons (Fsp3) is 0.138. The molecule has 6 rings (SSSR count). The molecule has 1 aromatic heterocycles. The second-order valence-corrected chi connectivity index (χ2v) is 9.87. The van der Waals surface area contributed by atoms with E-state index < -0.39 is 22.5 Å². The average Bonchev–Trinajstić information content (AvgIpc) is 3.56. The minimum Gasteiger partial charge on any atom is -0.463 e. The normalized spacial score (nSPS) is 15.9. The van der Waals surface area contributed by atoms with Gasteiger partial charge < -0.3 is 14.2 Å². The van der Waals surface area contributed by atoms with Gasteiger partial charge in [-0.1, -0.05) is 72.0 Å². The molecule has 3 heterocycles. The molecule has 1 atom stereocenters. The van der Waals surface area contributed by atoms with Gasteiger partial charge in [0.1, 0.15) is 0 Å². The van der Waals surface area contributed by atoms with E-state index in [2.05, 4.69) is 0 Å². The maximum absolute atomic E-state index is 14.0. The van der Waals surface area contributed by atoms with E-state index in [-0.39, 0.29) is 40.5 Å². The Hall–Kier alpha value is -5.03. The van der Waals surface area contributed by atoms with E-state index in [0.29, 0.717) is 27.4 Å². The Balaban J connectivity index is 1.64. The van der Waals surface area contributed by atoms with Gasteiger partial charge in [-0.05, 0) is 24.6 Å². The maximum Gasteiger partial charge on any atom is 0.338 e. The largest absolute Gasteiger partial charge is 0.463 e. The highest BCUT2D eigenvalue weighted by molar-refractivity contribution is 7.07. The molecule has 0 spiro atoms. The molecule has 0 fully saturated rings. The van der Waals surface area contributed by atoms with Crippen molar-refractivity contribution < 1.29 is 23.9 Å². The van der Waals surface area contributed by atoms with Crippen molar-refractivity contribution >= 4 is 34.8 Å². The number of carbonyl (C=O) groups is 1. The fourth-order valence-corrected chi connectivity index (χ4v) is 5.74. The average molecular weight is 556 g/mol. The van der Waals surface area contributed by atoms with Crippen molar-refractivity contribution in [1.29, 1.82) is 0 Å². The molecule has 0 N–H and O–H groups in total. The molecule has 0 unspecified atom stereocenters. The summed E-state index contributed by atoms with van der Waals surface area (Å²) >= 11 is 1.08. The smallest absolute Gasteiger partial charge is 0.338 e. The number of hydrogen-bond acceptors (Lipinski definition) is 9. The zero-order chi connectivity index (χ0) is 27.8. The second-order valence-electron chi connectivity index (χ2n) is 8.86. The summed E-state index contributed by atoms with van der Waals surface area (Å²) in [6.45, 7) is 1.81. The van der Waals surface area contributed by atoms with Crippen LogP contribution in [0.5, 0.6) is 11.5 Å². The lowest BCUT2D eigenvalue weighted by Gasteiger charge is -2.25. The number of rotatable bonds is 6. The van der Waals surface area contributed by atoms with E-state index in [1.807, 2.05) is 60.7 Å². The summed E-state index contributed by atoms with van der Waals surface area (Å²) in [6.07, 6.45) is 1.45. The number of benzene rings is 3. The molecule has 0 saturated heterocycles. The second kappa shape index (κ2) is 10.3. The molecule has 0 bridgehead atoms. The van der Waals surface area contributed by atoms with Crippen LogP contribution in [-0.2, 0) is 9.53 Å². The summed E-state index contributed by atoms with van der Waals surface area (Å²) in [6, 6.07) is 20.3. The maximum atomic E-state index is 14.0. The van der Waals surface area contributed by atoms with Crippen LogP contribution in [0.25, 0.3) is 11.8 Å². The molecule has 2 aliphatic rings. The van der Waals surface area contributed by atoms with Gasteiger partial charge in [0.15, 0.2) is 16.3 Å². The van der Waals surface area contributed by atoms with Crippen LogP contribution in [0.1, 0.15) is 29.7 Å². The van der Waals surface area contributed by atoms with Gasteiger partial charge in [0, 0.05) is 5.56 Å². The molecule has 200 valence electrons. The highest BCUT2D eigenvalue weighted by atomic mass is 32.1. The van der Waals surface area contributed by atoms with E-state index in [4.69, 9.17) is 19.2 Å². The molecule has 0 saturated carbocycles. The van der Waals surface area contributed by atoms with Crippen molar-refractivity contribution in [2.75, 3.05) is 13.4 Å². The standard InChI is InChI=1S/C29H21N3O7S/c1-2-37-28(34)24-25(17-9-5-3-6-10-17)30-29-31(26(24)18-11-7-4-8-12-18)27(33)23(40-29)14-19-13-21-22(39-16-38-21)15-20(19)32(35)36/h3-15,26H,2,16H2,1H3/b23-14-/t26-/m0/s1. The number of nitrogens with zero attached hydrogens (tertiary/aromatic N) is 3. The molecule has 0 radical (unpaired) electrons. The number of ether oxygens (including phenoxy) is 3. The van der Waals surface area contributed by atoms with Gasteiger partial charge in [0.2, 0.25) is 6.79 Å². The monoisotopic (exact) mass is 555 g/mol. The molecule has 11 heteroatoms. The third kappa shape index (κ3) is 4.35. The van der Waals surface area contributed by atoms with Crippen LogP contribution >= 0.6 is 11.3 Å². The van der Waals surface area contributed by atoms with Gasteiger partial charge in [-0.2, -0.15) is 0 Å². The summed E-state index contributed by atoms with van der Waals surface area (Å²) in [5.74, 6) is 0.0309. The lowest BCUT2D eigenvalue weighted by atomic mass is 9.93. The van der Waals surface area contributed by atoms with Crippen LogP contribution in [0.2, 0.25) is 0 Å². The first-order chi connectivity index (χ1) is 19.5. The van der Waals surface area contributed by atoms with Gasteiger partial charge in [0.05, 0.1) is 45.0 Å². The Kier molecular flexibility index (Phi) is 6.48. The third-order valence-corrected chi connectivity index (χ3v) is 7.48. The van der Waals surface area contributed by atoms with Crippen LogP contribution in [0.15, 0.2) is 88.2 Å². The quantitative estimate of drug-likeness (QED) is 0.203.